The predicted octanol–water partition coefficient (Wildman–Crippen LogP) is 4.04. The highest BCUT2D eigenvalue weighted by Crippen LogP contribution is 2.59. The highest BCUT2D eigenvalue weighted by molar-refractivity contribution is 8.35. The van der Waals surface area contributed by atoms with Crippen molar-refractivity contribution in [2.24, 2.45) is 0 Å². The van der Waals surface area contributed by atoms with Gasteiger partial charge in [0, 0.05) is 0 Å². The van der Waals surface area contributed by atoms with Crippen LogP contribution in [-0.2, 0) is 0 Å². The van der Waals surface area contributed by atoms with Crippen LogP contribution < -0.4 is 0 Å². The first-order valence-corrected chi connectivity index (χ1v) is 7.16. The lowest BCUT2D eigenvalue weighted by molar-refractivity contribution is 0.938. The first kappa shape index (κ1) is 12.3. The monoisotopic (exact) mass is 190 g/mol. The lowest BCUT2D eigenvalue weighted by Gasteiger charge is -2.51. The fraction of sp³-hybridized carbons (Fsp3) is 1.00. The SMILES string of the molecule is CCS(C(C)C)(C(C)C)C(C)C. The first-order chi connectivity index (χ1) is 5.39. The Morgan fingerprint density at radius 1 is 0.750 bits per heavy atom. The molecular formula is C11H26S. The third-order valence-corrected chi connectivity index (χ3v) is 9.40. The van der Waals surface area contributed by atoms with E-state index in [1.54, 1.807) is 0 Å². The van der Waals surface area contributed by atoms with E-state index in [0.29, 0.717) is 0 Å². The van der Waals surface area contributed by atoms with E-state index in [0.717, 1.165) is 15.7 Å². The average Bonchev–Trinajstić information content (AvgIpc) is 1.86. The van der Waals surface area contributed by atoms with Crippen LogP contribution in [0.3, 0.4) is 0 Å². The molecule has 0 aliphatic carbocycles. The quantitative estimate of drug-likeness (QED) is 0.628. The summed E-state index contributed by atoms with van der Waals surface area (Å²) in [6.45, 7) is 16.8. The van der Waals surface area contributed by atoms with Gasteiger partial charge in [0.1, 0.15) is 0 Å². The van der Waals surface area contributed by atoms with E-state index in [9.17, 15) is 0 Å². The predicted molar refractivity (Wildman–Crippen MR) is 63.5 cm³/mol. The molecule has 0 atom stereocenters. The van der Waals surface area contributed by atoms with Gasteiger partial charge < -0.3 is 0 Å². The molecule has 0 heterocycles. The lowest BCUT2D eigenvalue weighted by Crippen LogP contribution is -2.30. The molecule has 0 unspecified atom stereocenters. The second-order valence-electron chi connectivity index (χ2n) is 4.34. The van der Waals surface area contributed by atoms with Gasteiger partial charge in [0.05, 0.1) is 0 Å². The molecule has 76 valence electrons. The molecule has 0 bridgehead atoms. The summed E-state index contributed by atoms with van der Waals surface area (Å²) in [6.07, 6.45) is 0. The minimum Gasteiger partial charge on any atom is -0.234 e. The lowest BCUT2D eigenvalue weighted by atomic mass is 10.5. The summed E-state index contributed by atoms with van der Waals surface area (Å²) in [6, 6.07) is 0. The highest BCUT2D eigenvalue weighted by atomic mass is 32.3. The molecule has 0 aliphatic rings. The van der Waals surface area contributed by atoms with Crippen LogP contribution in [0.25, 0.3) is 0 Å². The molecule has 0 nitrogen and oxygen atoms in total. The van der Waals surface area contributed by atoms with Gasteiger partial charge in [-0.2, -0.15) is 0 Å². The number of rotatable bonds is 4. The molecule has 0 amide bonds. The van der Waals surface area contributed by atoms with Crippen LogP contribution in [0.2, 0.25) is 0 Å². The second kappa shape index (κ2) is 4.55. The molecule has 0 aromatic rings. The van der Waals surface area contributed by atoms with E-state index < -0.39 is 0 Å². The van der Waals surface area contributed by atoms with Crippen molar-refractivity contribution in [3.05, 3.63) is 0 Å². The average molecular weight is 190 g/mol. The summed E-state index contributed by atoms with van der Waals surface area (Å²) in [5.41, 5.74) is 0. The van der Waals surface area contributed by atoms with Crippen LogP contribution in [-0.4, -0.2) is 21.5 Å². The topological polar surface area (TPSA) is 0 Å². The van der Waals surface area contributed by atoms with Gasteiger partial charge in [-0.05, 0) is 21.5 Å². The maximum Gasteiger partial charge on any atom is -0.0164 e. The summed E-state index contributed by atoms with van der Waals surface area (Å²) in [4.78, 5) is 0. The van der Waals surface area contributed by atoms with Crippen molar-refractivity contribution in [3.63, 3.8) is 0 Å². The summed E-state index contributed by atoms with van der Waals surface area (Å²) in [7, 11) is -0.384. The largest absolute Gasteiger partial charge is 0.234 e. The van der Waals surface area contributed by atoms with E-state index in [4.69, 9.17) is 0 Å². The fourth-order valence-corrected chi connectivity index (χ4v) is 7.90. The molecule has 0 aliphatic heterocycles. The maximum atomic E-state index is 2.40. The number of hydrogen-bond donors (Lipinski definition) is 0. The van der Waals surface area contributed by atoms with Gasteiger partial charge in [0.15, 0.2) is 0 Å². The Hall–Kier alpha value is 0.350. The maximum absolute atomic E-state index is 2.40. The van der Waals surface area contributed by atoms with Crippen LogP contribution in [0, 0.1) is 0 Å². The van der Waals surface area contributed by atoms with Crippen molar-refractivity contribution in [2.45, 2.75) is 64.2 Å². The van der Waals surface area contributed by atoms with E-state index >= 15 is 0 Å². The van der Waals surface area contributed by atoms with E-state index in [1.807, 2.05) is 0 Å². The Balaban J connectivity index is 4.77. The van der Waals surface area contributed by atoms with Crippen molar-refractivity contribution < 1.29 is 0 Å². The van der Waals surface area contributed by atoms with Gasteiger partial charge in [-0.3, -0.25) is 0 Å². The minimum atomic E-state index is -0.384. The Morgan fingerprint density at radius 3 is 1.00 bits per heavy atom. The summed E-state index contributed by atoms with van der Waals surface area (Å²) < 4.78 is 0. The molecule has 0 N–H and O–H groups in total. The standard InChI is InChI=1S/C11H26S/c1-8-12(9(2)3,10(4)5)11(6)7/h9-11H,8H2,1-7H3. The molecule has 0 rings (SSSR count). The number of hydrogen-bond acceptors (Lipinski definition) is 0. The molecule has 0 spiro atoms. The third-order valence-electron chi connectivity index (χ3n) is 3.13. The van der Waals surface area contributed by atoms with Crippen LogP contribution in [0.15, 0.2) is 0 Å². The van der Waals surface area contributed by atoms with Crippen LogP contribution in [0.4, 0.5) is 0 Å². The highest BCUT2D eigenvalue weighted by Gasteiger charge is 2.32. The third kappa shape index (κ3) is 1.99. The second-order valence-corrected chi connectivity index (χ2v) is 9.57. The summed E-state index contributed by atoms with van der Waals surface area (Å²) in [5, 5.41) is 2.63. The van der Waals surface area contributed by atoms with Crippen LogP contribution in [0.1, 0.15) is 48.5 Å². The van der Waals surface area contributed by atoms with E-state index in [1.165, 1.54) is 5.75 Å². The molecule has 0 aromatic heterocycles. The minimum absolute atomic E-state index is 0.384. The van der Waals surface area contributed by atoms with Crippen molar-refractivity contribution in [2.75, 3.05) is 5.75 Å². The van der Waals surface area contributed by atoms with Crippen molar-refractivity contribution in [1.29, 1.82) is 0 Å². The van der Waals surface area contributed by atoms with Gasteiger partial charge in [0.25, 0.3) is 0 Å². The van der Waals surface area contributed by atoms with Gasteiger partial charge in [-0.1, -0.05) is 48.5 Å². The van der Waals surface area contributed by atoms with Gasteiger partial charge >= 0.3 is 0 Å². The smallest absolute Gasteiger partial charge is 0.0164 e. The van der Waals surface area contributed by atoms with Gasteiger partial charge in [-0.15, -0.1) is 0 Å². The molecule has 0 radical (unpaired) electrons. The molecule has 0 aromatic carbocycles. The molecule has 0 saturated heterocycles. The van der Waals surface area contributed by atoms with Crippen molar-refractivity contribution in [3.8, 4) is 0 Å². The molecular weight excluding hydrogens is 164 g/mol. The van der Waals surface area contributed by atoms with E-state index in [-0.39, 0.29) is 10.0 Å². The normalized spacial score (nSPS) is 14.8. The van der Waals surface area contributed by atoms with Gasteiger partial charge in [-0.25, -0.2) is 10.0 Å². The zero-order chi connectivity index (χ0) is 9.94. The fourth-order valence-electron chi connectivity index (χ4n) is 2.63. The Bertz CT molecular complexity index is 103. The van der Waals surface area contributed by atoms with Crippen LogP contribution >= 0.6 is 10.0 Å². The molecule has 12 heavy (non-hydrogen) atoms. The Labute approximate surface area is 80.4 Å². The first-order valence-electron chi connectivity index (χ1n) is 5.17. The van der Waals surface area contributed by atoms with Crippen LogP contribution in [0.5, 0.6) is 0 Å². The molecule has 0 fully saturated rings. The van der Waals surface area contributed by atoms with Crippen molar-refractivity contribution in [1.82, 2.24) is 0 Å². The van der Waals surface area contributed by atoms with Gasteiger partial charge in [0.2, 0.25) is 0 Å². The summed E-state index contributed by atoms with van der Waals surface area (Å²) in [5.74, 6) is 1.39. The zero-order valence-corrected chi connectivity index (χ0v) is 10.7. The molecule has 0 saturated carbocycles. The van der Waals surface area contributed by atoms with Crippen molar-refractivity contribution >= 4 is 10.0 Å². The Kier molecular flexibility index (Phi) is 4.68. The summed E-state index contributed by atoms with van der Waals surface area (Å²) >= 11 is 0. The zero-order valence-electron chi connectivity index (χ0n) is 9.85. The molecule has 1 heteroatoms. The van der Waals surface area contributed by atoms with E-state index in [2.05, 4.69) is 48.5 Å². The Morgan fingerprint density at radius 2 is 1.00 bits per heavy atom.